The molecule has 2 aromatic carbocycles. The largest absolute Gasteiger partial charge is 0.395 e. The standard InChI is InChI=1S/C56H82N14O5/c1-32-21-42-38(34(3)25-55(13,14)67(42)17-19-71)23-40(32)59-45-47(53(7,8)9)63-69-51(45)61-49(65-69)36(5)27-57-30-75-31-74-29-44(73)58-28-37(6)50-62-52-46(48(54(10,11)12)64-70(52)66-50)60-41-24-39-35(4)26-56(15,16)68(18-20-72)43(39)22-33(41)2/h21-24,34-37,57,71-72H,17-20,25-31H2,1-16H3,(H,58,73)/b59-45-,60-46-. The first-order valence-electron chi connectivity index (χ1n) is 26.7. The Hall–Kier alpha value is -5.73. The molecule has 4 aliphatic rings. The number of aryl methyl sites for hydroxylation is 2. The van der Waals surface area contributed by atoms with Gasteiger partial charge in [-0.2, -0.15) is 10.2 Å². The van der Waals surface area contributed by atoms with E-state index < -0.39 is 0 Å². The minimum atomic E-state index is -0.323. The number of aliphatic imine (C=N–C) groups is 2. The van der Waals surface area contributed by atoms with Crippen LogP contribution in [0.25, 0.3) is 0 Å². The highest BCUT2D eigenvalue weighted by Crippen LogP contribution is 2.47. The Morgan fingerprint density at radius 2 is 1.16 bits per heavy atom. The van der Waals surface area contributed by atoms with Crippen LogP contribution < -0.4 is 20.4 Å². The number of fused-ring (bicyclic) bond motifs is 4. The van der Waals surface area contributed by atoms with Gasteiger partial charge in [0.15, 0.2) is 11.6 Å². The average molecular weight is 1030 g/mol. The molecule has 8 rings (SSSR count). The molecule has 0 radical (unpaired) electrons. The van der Waals surface area contributed by atoms with Crippen molar-refractivity contribution in [3.05, 3.63) is 69.8 Å². The van der Waals surface area contributed by atoms with Gasteiger partial charge in [0.25, 0.3) is 0 Å². The van der Waals surface area contributed by atoms with Crippen LogP contribution in [0.3, 0.4) is 0 Å². The lowest BCUT2D eigenvalue weighted by Crippen LogP contribution is -2.49. The third kappa shape index (κ3) is 11.5. The predicted molar refractivity (Wildman–Crippen MR) is 297 cm³/mol. The minimum Gasteiger partial charge on any atom is -0.395 e. The summed E-state index contributed by atoms with van der Waals surface area (Å²) in [7, 11) is 0. The number of aliphatic hydroxyl groups excluding tert-OH is 2. The van der Waals surface area contributed by atoms with Crippen molar-refractivity contribution >= 4 is 51.5 Å². The third-order valence-electron chi connectivity index (χ3n) is 15.0. The van der Waals surface area contributed by atoms with Crippen molar-refractivity contribution in [3.63, 3.8) is 0 Å². The van der Waals surface area contributed by atoms with Crippen LogP contribution >= 0.6 is 0 Å². The number of hydrogen-bond acceptors (Lipinski definition) is 16. The molecule has 0 bridgehead atoms. The number of rotatable bonds is 18. The second kappa shape index (κ2) is 21.4. The van der Waals surface area contributed by atoms with Gasteiger partial charge >= 0.3 is 0 Å². The number of anilines is 2. The summed E-state index contributed by atoms with van der Waals surface area (Å²) in [4.78, 5) is 41.1. The van der Waals surface area contributed by atoms with E-state index in [0.717, 1.165) is 58.1 Å². The van der Waals surface area contributed by atoms with Gasteiger partial charge in [-0.3, -0.25) is 10.1 Å². The lowest BCUT2D eigenvalue weighted by molar-refractivity contribution is -0.132. The zero-order valence-corrected chi connectivity index (χ0v) is 47.4. The SMILES string of the molecule is Cc1cc2c(cc1/N=C1/C(C(C)(C)C)=Nn3nc(C(C)CNCOCOCC(=O)NCC(C)c4nc5n(n4)N=C(C(C)(C)C)/C5=N/c4cc5c(cc4C)N(CCO)C(C)(C)CC5C)nc31)C(C)CC(C)(C)N2CCO. The number of β-amino-alcohol motifs (C(OH)–C–C–N with tert-alkyl or cyclic N) is 2. The number of aliphatic hydroxyl groups is 2. The summed E-state index contributed by atoms with van der Waals surface area (Å²) in [6, 6.07) is 8.80. The Bertz CT molecular complexity index is 2910. The maximum absolute atomic E-state index is 12.9. The summed E-state index contributed by atoms with van der Waals surface area (Å²) in [6.45, 7) is 36.5. The van der Waals surface area contributed by atoms with Crippen LogP contribution in [0.15, 0.2) is 44.5 Å². The molecule has 19 heteroatoms. The highest BCUT2D eigenvalue weighted by atomic mass is 16.7. The normalized spacial score (nSPS) is 20.7. The number of ether oxygens (including phenoxy) is 2. The van der Waals surface area contributed by atoms with Crippen molar-refractivity contribution in [1.29, 1.82) is 0 Å². The van der Waals surface area contributed by atoms with Gasteiger partial charge in [-0.15, -0.1) is 19.8 Å². The van der Waals surface area contributed by atoms with Crippen LogP contribution in [0.1, 0.15) is 179 Å². The monoisotopic (exact) mass is 1030 g/mol. The molecule has 4 unspecified atom stereocenters. The van der Waals surface area contributed by atoms with E-state index in [1.807, 2.05) is 13.8 Å². The molecule has 4 atom stereocenters. The van der Waals surface area contributed by atoms with Crippen molar-refractivity contribution in [2.24, 2.45) is 31.0 Å². The number of aromatic nitrogens is 6. The highest BCUT2D eigenvalue weighted by molar-refractivity contribution is 6.51. The molecular weight excluding hydrogens is 949 g/mol. The highest BCUT2D eigenvalue weighted by Gasteiger charge is 2.41. The van der Waals surface area contributed by atoms with Gasteiger partial charge in [-0.05, 0) is 113 Å². The first kappa shape index (κ1) is 55.5. The Balaban J connectivity index is 0.826. The summed E-state index contributed by atoms with van der Waals surface area (Å²) in [5.74, 6) is 2.45. The number of nitrogens with zero attached hydrogens (tertiary/aromatic N) is 12. The fourth-order valence-electron chi connectivity index (χ4n) is 11.1. The van der Waals surface area contributed by atoms with Gasteiger partial charge < -0.3 is 34.8 Å². The maximum Gasteiger partial charge on any atom is 0.246 e. The molecule has 0 aliphatic carbocycles. The van der Waals surface area contributed by atoms with E-state index in [1.54, 1.807) is 9.58 Å². The van der Waals surface area contributed by atoms with Crippen LogP contribution in [0.4, 0.5) is 22.7 Å². The molecule has 2 aromatic heterocycles. The molecule has 1 amide bonds. The van der Waals surface area contributed by atoms with Crippen LogP contribution in [-0.2, 0) is 14.3 Å². The summed E-state index contributed by atoms with van der Waals surface area (Å²) >= 11 is 0. The third-order valence-corrected chi connectivity index (χ3v) is 15.0. The molecule has 75 heavy (non-hydrogen) atoms. The topological polar surface area (TPSA) is 217 Å². The Labute approximate surface area is 443 Å². The molecule has 19 nitrogen and oxygen atoms in total. The lowest BCUT2D eigenvalue weighted by atomic mass is 9.79. The van der Waals surface area contributed by atoms with E-state index in [1.165, 1.54) is 11.1 Å². The van der Waals surface area contributed by atoms with Crippen molar-refractivity contribution in [3.8, 4) is 0 Å². The minimum absolute atomic E-state index is 0.0697. The summed E-state index contributed by atoms with van der Waals surface area (Å²) < 4.78 is 11.2. The molecule has 4 aliphatic heterocycles. The van der Waals surface area contributed by atoms with Gasteiger partial charge in [0, 0.05) is 71.3 Å². The van der Waals surface area contributed by atoms with Gasteiger partial charge in [0.1, 0.15) is 24.8 Å². The van der Waals surface area contributed by atoms with E-state index in [0.29, 0.717) is 72.7 Å². The number of amides is 1. The number of nitrogens with one attached hydrogen (secondary N) is 2. The molecule has 0 saturated carbocycles. The van der Waals surface area contributed by atoms with Crippen molar-refractivity contribution in [2.45, 2.75) is 158 Å². The number of carbonyl (C=O) groups is 1. The lowest BCUT2D eigenvalue weighted by Gasteiger charge is -2.47. The van der Waals surface area contributed by atoms with Crippen molar-refractivity contribution in [2.75, 3.05) is 69.3 Å². The number of carbonyl (C=O) groups excluding carboxylic acids is 1. The molecule has 406 valence electrons. The van der Waals surface area contributed by atoms with Crippen molar-refractivity contribution < 1.29 is 24.5 Å². The van der Waals surface area contributed by atoms with E-state index in [-0.39, 0.29) is 73.0 Å². The number of benzene rings is 2. The second-order valence-corrected chi connectivity index (χ2v) is 24.5. The predicted octanol–water partition coefficient (Wildman–Crippen LogP) is 7.99. The van der Waals surface area contributed by atoms with E-state index >= 15 is 0 Å². The Morgan fingerprint density at radius 1 is 0.720 bits per heavy atom. The molecule has 0 saturated heterocycles. The summed E-state index contributed by atoms with van der Waals surface area (Å²) in [6.07, 6.45) is 1.93. The van der Waals surface area contributed by atoms with Crippen LogP contribution in [-0.4, -0.2) is 139 Å². The Kier molecular flexibility index (Phi) is 15.8. The van der Waals surface area contributed by atoms with Crippen molar-refractivity contribution in [1.82, 2.24) is 40.4 Å². The molecular formula is C56H82N14O5. The average Bonchev–Trinajstić information content (AvgIpc) is 4.10. The molecule has 6 heterocycles. The van der Waals surface area contributed by atoms with Gasteiger partial charge in [-0.25, -0.2) is 20.0 Å². The maximum atomic E-state index is 12.9. The second-order valence-electron chi connectivity index (χ2n) is 24.5. The fourth-order valence-corrected chi connectivity index (χ4v) is 11.1. The Morgan fingerprint density at radius 3 is 1.59 bits per heavy atom. The summed E-state index contributed by atoms with van der Waals surface area (Å²) in [5, 5.41) is 45.4. The van der Waals surface area contributed by atoms with Gasteiger partial charge in [0.2, 0.25) is 17.6 Å². The van der Waals surface area contributed by atoms with Crippen LogP contribution in [0.2, 0.25) is 0 Å². The first-order valence-corrected chi connectivity index (χ1v) is 26.7. The smallest absolute Gasteiger partial charge is 0.246 e. The van der Waals surface area contributed by atoms with E-state index in [2.05, 4.69) is 142 Å². The molecule has 0 fully saturated rings. The van der Waals surface area contributed by atoms with Crippen LogP contribution in [0.5, 0.6) is 0 Å². The van der Waals surface area contributed by atoms with E-state index in [9.17, 15) is 15.0 Å². The summed E-state index contributed by atoms with van der Waals surface area (Å²) in [5.41, 5.74) is 10.8. The van der Waals surface area contributed by atoms with Gasteiger partial charge in [0.05, 0.1) is 42.7 Å². The number of hydrogen-bond donors (Lipinski definition) is 4. The van der Waals surface area contributed by atoms with E-state index in [4.69, 9.17) is 49.8 Å². The fraction of sp³-hybridized carbons (Fsp3) is 0.625. The molecule has 4 N–H and O–H groups in total. The molecule has 4 aromatic rings. The zero-order chi connectivity index (χ0) is 54.5. The first-order chi connectivity index (χ1) is 35.2. The van der Waals surface area contributed by atoms with Crippen LogP contribution in [0, 0.1) is 24.7 Å². The quantitative estimate of drug-likeness (QED) is 0.0551. The zero-order valence-electron chi connectivity index (χ0n) is 47.4. The molecule has 0 spiro atoms. The van der Waals surface area contributed by atoms with Gasteiger partial charge in [-0.1, -0.05) is 69.2 Å².